The van der Waals surface area contributed by atoms with Gasteiger partial charge in [-0.1, -0.05) is 53.2 Å². The number of rotatable bonds is 4. The third-order valence-corrected chi connectivity index (χ3v) is 3.50. The Morgan fingerprint density at radius 1 is 1.22 bits per heavy atom. The highest BCUT2D eigenvalue weighted by molar-refractivity contribution is 6.29. The van der Waals surface area contributed by atoms with Crippen LogP contribution >= 0.6 is 11.6 Å². The first-order chi connectivity index (χ1) is 11.1. The lowest BCUT2D eigenvalue weighted by Crippen LogP contribution is -2.07. The van der Waals surface area contributed by atoms with Gasteiger partial charge in [-0.05, 0) is 13.0 Å². The maximum atomic E-state index is 12.4. The van der Waals surface area contributed by atoms with Crippen LogP contribution in [0.1, 0.15) is 21.7 Å². The lowest BCUT2D eigenvalue weighted by Gasteiger charge is -2.05. The average Bonchev–Trinajstić information content (AvgIpc) is 2.96. The molecule has 0 unspecified atom stereocenters. The van der Waals surface area contributed by atoms with Crippen LogP contribution < -0.4 is 0 Å². The summed E-state index contributed by atoms with van der Waals surface area (Å²) in [6.07, 6.45) is 1.56. The average molecular weight is 329 g/mol. The zero-order valence-corrected chi connectivity index (χ0v) is 13.1. The number of ether oxygens (including phenoxy) is 1. The van der Waals surface area contributed by atoms with Crippen LogP contribution in [0.3, 0.4) is 0 Å². The highest BCUT2D eigenvalue weighted by Crippen LogP contribution is 2.26. The maximum Gasteiger partial charge on any atom is 0.344 e. The van der Waals surface area contributed by atoms with E-state index in [0.717, 1.165) is 11.1 Å². The Kier molecular flexibility index (Phi) is 4.39. The van der Waals surface area contributed by atoms with Crippen molar-refractivity contribution in [2.75, 3.05) is 0 Å². The first-order valence-electron chi connectivity index (χ1n) is 6.94. The van der Waals surface area contributed by atoms with Gasteiger partial charge >= 0.3 is 5.97 Å². The molecule has 2 aromatic heterocycles. The van der Waals surface area contributed by atoms with Crippen LogP contribution in [0.2, 0.25) is 5.15 Å². The lowest BCUT2D eigenvalue weighted by molar-refractivity contribution is 0.0471. The van der Waals surface area contributed by atoms with Gasteiger partial charge in [0, 0.05) is 17.3 Å². The Bertz CT molecular complexity index is 814. The maximum absolute atomic E-state index is 12.4. The van der Waals surface area contributed by atoms with Crippen molar-refractivity contribution < 1.29 is 14.1 Å². The first kappa shape index (κ1) is 15.2. The number of nitrogens with zero attached hydrogens (tertiary/aromatic N) is 2. The molecule has 0 atom stereocenters. The van der Waals surface area contributed by atoms with Gasteiger partial charge in [-0.15, -0.1) is 0 Å². The van der Waals surface area contributed by atoms with Crippen molar-refractivity contribution in [2.45, 2.75) is 13.5 Å². The van der Waals surface area contributed by atoms with Gasteiger partial charge in [-0.3, -0.25) is 0 Å². The summed E-state index contributed by atoms with van der Waals surface area (Å²) in [4.78, 5) is 16.3. The third kappa shape index (κ3) is 3.40. The monoisotopic (exact) mass is 328 g/mol. The van der Waals surface area contributed by atoms with Crippen molar-refractivity contribution >= 4 is 17.6 Å². The number of carbonyl (C=O) groups is 1. The van der Waals surface area contributed by atoms with Gasteiger partial charge in [-0.25, -0.2) is 9.78 Å². The summed E-state index contributed by atoms with van der Waals surface area (Å²) in [5.41, 5.74) is 2.35. The van der Waals surface area contributed by atoms with Crippen LogP contribution in [-0.4, -0.2) is 16.1 Å². The molecule has 0 saturated carbocycles. The second kappa shape index (κ2) is 6.62. The molecule has 5 nitrogen and oxygen atoms in total. The SMILES string of the molecule is Cc1onc(-c2ccccc2)c1C(=O)OCc1ccc(Cl)nc1. The van der Waals surface area contributed by atoms with Gasteiger partial charge in [0.1, 0.15) is 28.8 Å². The zero-order valence-electron chi connectivity index (χ0n) is 12.3. The number of aromatic nitrogens is 2. The van der Waals surface area contributed by atoms with Crippen molar-refractivity contribution in [3.05, 3.63) is 70.7 Å². The molecule has 3 rings (SSSR count). The molecule has 0 aliphatic rings. The molecule has 0 aliphatic heterocycles. The predicted molar refractivity (Wildman–Crippen MR) is 85.0 cm³/mol. The summed E-state index contributed by atoms with van der Waals surface area (Å²) in [5, 5.41) is 4.36. The third-order valence-electron chi connectivity index (χ3n) is 3.27. The summed E-state index contributed by atoms with van der Waals surface area (Å²) < 4.78 is 10.5. The van der Waals surface area contributed by atoms with E-state index in [0.29, 0.717) is 22.2 Å². The number of pyridine rings is 1. The first-order valence-corrected chi connectivity index (χ1v) is 7.32. The highest BCUT2D eigenvalue weighted by atomic mass is 35.5. The van der Waals surface area contributed by atoms with Crippen molar-refractivity contribution in [3.63, 3.8) is 0 Å². The molecule has 0 aliphatic carbocycles. The number of halogens is 1. The predicted octanol–water partition coefficient (Wildman–Crippen LogP) is 4.06. The number of hydrogen-bond acceptors (Lipinski definition) is 5. The minimum Gasteiger partial charge on any atom is -0.457 e. The summed E-state index contributed by atoms with van der Waals surface area (Å²) in [5.74, 6) is -0.0689. The molecule has 0 bridgehead atoms. The molecule has 0 amide bonds. The molecule has 0 fully saturated rings. The zero-order chi connectivity index (χ0) is 16.2. The standard InChI is InChI=1S/C17H13ClN2O3/c1-11-15(16(20-23-11)13-5-3-2-4-6-13)17(21)22-10-12-7-8-14(18)19-9-12/h2-9H,10H2,1H3. The fourth-order valence-corrected chi connectivity index (χ4v) is 2.23. The molecule has 116 valence electrons. The minimum atomic E-state index is -0.488. The number of esters is 1. The quantitative estimate of drug-likeness (QED) is 0.534. The van der Waals surface area contributed by atoms with Crippen LogP contribution in [0.5, 0.6) is 0 Å². The summed E-state index contributed by atoms with van der Waals surface area (Å²) in [7, 11) is 0. The Labute approximate surface area is 137 Å². The number of hydrogen-bond donors (Lipinski definition) is 0. The van der Waals surface area contributed by atoms with Crippen LogP contribution in [0.15, 0.2) is 53.2 Å². The number of aryl methyl sites for hydroxylation is 1. The number of benzene rings is 1. The van der Waals surface area contributed by atoms with Gasteiger partial charge < -0.3 is 9.26 Å². The smallest absolute Gasteiger partial charge is 0.344 e. The Morgan fingerprint density at radius 3 is 2.70 bits per heavy atom. The molecule has 3 aromatic rings. The van der Waals surface area contributed by atoms with Crippen molar-refractivity contribution in [1.82, 2.24) is 10.1 Å². The van der Waals surface area contributed by atoms with E-state index >= 15 is 0 Å². The van der Waals surface area contributed by atoms with E-state index in [9.17, 15) is 4.79 Å². The van der Waals surface area contributed by atoms with E-state index in [1.165, 1.54) is 0 Å². The fourth-order valence-electron chi connectivity index (χ4n) is 2.12. The van der Waals surface area contributed by atoms with Crippen LogP contribution in [-0.2, 0) is 11.3 Å². The second-order valence-electron chi connectivity index (χ2n) is 4.89. The van der Waals surface area contributed by atoms with Crippen LogP contribution in [0, 0.1) is 6.92 Å². The molecular weight excluding hydrogens is 316 g/mol. The molecule has 0 N–H and O–H groups in total. The van der Waals surface area contributed by atoms with E-state index < -0.39 is 5.97 Å². The molecule has 6 heteroatoms. The van der Waals surface area contributed by atoms with Gasteiger partial charge in [0.25, 0.3) is 0 Å². The molecule has 0 spiro atoms. The van der Waals surface area contributed by atoms with Gasteiger partial charge in [0.05, 0.1) is 0 Å². The summed E-state index contributed by atoms with van der Waals surface area (Å²) in [6, 6.07) is 12.7. The molecule has 0 saturated heterocycles. The lowest BCUT2D eigenvalue weighted by atomic mass is 10.1. The van der Waals surface area contributed by atoms with Gasteiger partial charge in [0.15, 0.2) is 0 Å². The summed E-state index contributed by atoms with van der Waals surface area (Å²) >= 11 is 5.73. The van der Waals surface area contributed by atoms with E-state index in [4.69, 9.17) is 20.9 Å². The molecule has 23 heavy (non-hydrogen) atoms. The Hall–Kier alpha value is -2.66. The van der Waals surface area contributed by atoms with Crippen LogP contribution in [0.25, 0.3) is 11.3 Å². The van der Waals surface area contributed by atoms with E-state index in [2.05, 4.69) is 10.1 Å². The van der Waals surface area contributed by atoms with Crippen molar-refractivity contribution in [2.24, 2.45) is 0 Å². The molecule has 1 aromatic carbocycles. The van der Waals surface area contributed by atoms with Gasteiger partial charge in [-0.2, -0.15) is 0 Å². The van der Waals surface area contributed by atoms with E-state index in [1.54, 1.807) is 25.3 Å². The fraction of sp³-hybridized carbons (Fsp3) is 0.118. The van der Waals surface area contributed by atoms with Gasteiger partial charge in [0.2, 0.25) is 0 Å². The topological polar surface area (TPSA) is 65.2 Å². The van der Waals surface area contributed by atoms with Crippen molar-refractivity contribution in [3.8, 4) is 11.3 Å². The normalized spacial score (nSPS) is 10.5. The van der Waals surface area contributed by atoms with E-state index in [1.807, 2.05) is 30.3 Å². The summed E-state index contributed by atoms with van der Waals surface area (Å²) in [6.45, 7) is 1.78. The number of carbonyl (C=O) groups excluding carboxylic acids is 1. The Morgan fingerprint density at radius 2 is 2.00 bits per heavy atom. The minimum absolute atomic E-state index is 0.0991. The highest BCUT2D eigenvalue weighted by Gasteiger charge is 2.22. The van der Waals surface area contributed by atoms with Crippen LogP contribution in [0.4, 0.5) is 0 Å². The Balaban J connectivity index is 1.80. The van der Waals surface area contributed by atoms with Crippen molar-refractivity contribution in [1.29, 1.82) is 0 Å². The van der Waals surface area contributed by atoms with E-state index in [-0.39, 0.29) is 6.61 Å². The molecule has 2 heterocycles. The largest absolute Gasteiger partial charge is 0.457 e. The molecule has 0 radical (unpaired) electrons. The molecular formula is C17H13ClN2O3. The second-order valence-corrected chi connectivity index (χ2v) is 5.28.